The minimum atomic E-state index is -0.0708. The van der Waals surface area contributed by atoms with Gasteiger partial charge in [0.2, 0.25) is 0 Å². The van der Waals surface area contributed by atoms with Crippen LogP contribution in [-0.2, 0) is 6.54 Å². The Morgan fingerprint density at radius 1 is 1.10 bits per heavy atom. The zero-order valence-corrected chi connectivity index (χ0v) is 21.1. The predicted octanol–water partition coefficient (Wildman–Crippen LogP) is 3.26. The van der Waals surface area contributed by atoms with E-state index in [1.54, 1.807) is 6.07 Å². The van der Waals surface area contributed by atoms with Crippen LogP contribution in [0.25, 0.3) is 16.6 Å². The van der Waals surface area contributed by atoms with Crippen LogP contribution in [0.5, 0.6) is 5.75 Å². The number of nitriles is 1. The summed E-state index contributed by atoms with van der Waals surface area (Å²) in [5.41, 5.74) is 13.6. The number of fused-ring (bicyclic) bond motifs is 1. The summed E-state index contributed by atoms with van der Waals surface area (Å²) in [5.74, 6) is -0.0708. The molecule has 0 saturated carbocycles. The number of hydrogen-bond donors (Lipinski definition) is 2. The van der Waals surface area contributed by atoms with Gasteiger partial charge < -0.3 is 20.8 Å². The number of nitrogens with one attached hydrogen (secondary N) is 2. The Morgan fingerprint density at radius 2 is 1.87 bits per heavy atom. The van der Waals surface area contributed by atoms with E-state index in [9.17, 15) is 0 Å². The molecular formula is C25H23KN4O. The van der Waals surface area contributed by atoms with Crippen LogP contribution in [0, 0.1) is 30.6 Å². The van der Waals surface area contributed by atoms with E-state index in [1.165, 1.54) is 46.6 Å². The van der Waals surface area contributed by atoms with Gasteiger partial charge in [0.15, 0.2) is 0 Å². The molecule has 0 spiro atoms. The zero-order valence-electron chi connectivity index (χ0n) is 18.0. The molecule has 3 N–H and O–H groups in total. The Morgan fingerprint density at radius 3 is 2.52 bits per heavy atom. The largest absolute Gasteiger partial charge is 1.00 e. The molecule has 5 nitrogen and oxygen atoms in total. The summed E-state index contributed by atoms with van der Waals surface area (Å²) in [6.45, 7) is 5.16. The van der Waals surface area contributed by atoms with Crippen LogP contribution in [0.15, 0.2) is 66.9 Å². The average Bonchev–Trinajstić information content (AvgIpc) is 3.15. The number of benzene rings is 3. The first kappa shape index (κ1) is 24.9. The van der Waals surface area contributed by atoms with Crippen molar-refractivity contribution in [3.8, 4) is 11.8 Å². The molecule has 150 valence electrons. The summed E-state index contributed by atoms with van der Waals surface area (Å²) < 4.78 is 2.25. The van der Waals surface area contributed by atoms with Crippen molar-refractivity contribution in [2.24, 2.45) is 0 Å². The summed E-state index contributed by atoms with van der Waals surface area (Å²) >= 11 is 0. The van der Waals surface area contributed by atoms with Crippen LogP contribution in [0.1, 0.15) is 27.8 Å². The number of phenolic OH excluding ortho intramolecular Hbond substituents is 1. The van der Waals surface area contributed by atoms with Crippen molar-refractivity contribution in [1.29, 1.82) is 10.7 Å². The molecule has 0 fully saturated rings. The number of aryl methyl sites for hydroxylation is 2. The van der Waals surface area contributed by atoms with Gasteiger partial charge in [-0.25, -0.2) is 0 Å². The molecule has 1 aromatic heterocycles. The zero-order chi connectivity index (χ0) is 21.7. The Hall–Kier alpha value is -2.40. The average molecular weight is 435 g/mol. The molecule has 3 aromatic carbocycles. The van der Waals surface area contributed by atoms with E-state index in [1.807, 2.05) is 12.1 Å². The normalized spacial score (nSPS) is 9.84. The van der Waals surface area contributed by atoms with Gasteiger partial charge in [-0.2, -0.15) is 5.26 Å². The first-order valence-electron chi connectivity index (χ1n) is 9.52. The second-order valence-corrected chi connectivity index (χ2v) is 7.14. The Balaban J connectivity index is 0.000000264. The van der Waals surface area contributed by atoms with Crippen molar-refractivity contribution in [2.45, 2.75) is 20.4 Å². The van der Waals surface area contributed by atoms with Gasteiger partial charge in [-0.05, 0) is 43.2 Å². The number of hydrogen-bond acceptors (Lipinski definition) is 3. The fourth-order valence-corrected chi connectivity index (χ4v) is 3.34. The number of phenols is 1. The molecule has 0 aliphatic carbocycles. The van der Waals surface area contributed by atoms with E-state index in [-0.39, 0.29) is 68.4 Å². The first-order chi connectivity index (χ1) is 14.4. The summed E-state index contributed by atoms with van der Waals surface area (Å²) in [6, 6.07) is 20.6. The van der Waals surface area contributed by atoms with Crippen LogP contribution in [-0.4, -0.2) is 15.9 Å². The van der Waals surface area contributed by atoms with Gasteiger partial charge in [0.25, 0.3) is 0 Å². The first-order valence-corrected chi connectivity index (χ1v) is 9.52. The quantitative estimate of drug-likeness (QED) is 0.294. The molecule has 31 heavy (non-hydrogen) atoms. The van der Waals surface area contributed by atoms with E-state index in [0.29, 0.717) is 0 Å². The predicted molar refractivity (Wildman–Crippen MR) is 122 cm³/mol. The minimum Gasteiger partial charge on any atom is -0.699 e. The Bertz CT molecular complexity index is 1250. The maximum atomic E-state index is 8.93. The van der Waals surface area contributed by atoms with E-state index in [0.717, 1.165) is 17.5 Å². The summed E-state index contributed by atoms with van der Waals surface area (Å²) in [5, 5.41) is 25.9. The molecule has 0 aliphatic heterocycles. The molecule has 4 aromatic rings. The molecule has 0 amide bonds. The second kappa shape index (κ2) is 11.3. The Labute approximate surface area is 225 Å². The van der Waals surface area contributed by atoms with Crippen LogP contribution >= 0.6 is 0 Å². The van der Waals surface area contributed by atoms with Gasteiger partial charge in [0.05, 0.1) is 5.56 Å². The molecule has 0 saturated heterocycles. The monoisotopic (exact) mass is 434 g/mol. The number of aromatic hydroxyl groups is 1. The molecular weight excluding hydrogens is 411 g/mol. The number of nitrogens with zero attached hydrogens (tertiary/aromatic N) is 2. The van der Waals surface area contributed by atoms with Crippen LogP contribution in [0.2, 0.25) is 0 Å². The van der Waals surface area contributed by atoms with Gasteiger partial charge in [-0.3, -0.25) is 0 Å². The fourth-order valence-electron chi connectivity index (χ4n) is 3.34. The van der Waals surface area contributed by atoms with Crippen LogP contribution in [0.3, 0.4) is 0 Å². The van der Waals surface area contributed by atoms with Crippen molar-refractivity contribution in [3.05, 3.63) is 100 Å². The van der Waals surface area contributed by atoms with Crippen LogP contribution in [0.4, 0.5) is 5.69 Å². The van der Waals surface area contributed by atoms with Crippen molar-refractivity contribution < 1.29 is 56.5 Å². The number of aromatic nitrogens is 1. The minimum absolute atomic E-state index is 0. The molecule has 0 atom stereocenters. The van der Waals surface area contributed by atoms with Crippen molar-refractivity contribution in [1.82, 2.24) is 4.57 Å². The summed E-state index contributed by atoms with van der Waals surface area (Å²) in [4.78, 5) is 0. The summed E-state index contributed by atoms with van der Waals surface area (Å²) in [7, 11) is 0. The number of rotatable bonds is 3. The smallest absolute Gasteiger partial charge is 0.699 e. The van der Waals surface area contributed by atoms with Gasteiger partial charge in [-0.15, -0.1) is 5.69 Å². The van der Waals surface area contributed by atoms with Crippen molar-refractivity contribution in [2.75, 3.05) is 0 Å². The van der Waals surface area contributed by atoms with Gasteiger partial charge in [0, 0.05) is 35.4 Å². The van der Waals surface area contributed by atoms with Gasteiger partial charge in [-0.1, -0.05) is 48.0 Å². The molecule has 6 heteroatoms. The maximum Gasteiger partial charge on any atom is 1.00 e. The van der Waals surface area contributed by atoms with Crippen molar-refractivity contribution in [3.63, 3.8) is 0 Å². The molecule has 0 bridgehead atoms. The third-order valence-corrected chi connectivity index (χ3v) is 4.96. The molecule has 0 radical (unpaired) electrons. The SMILES string of the molecule is Cc1ccc(Cn2ccc3c(C=N)cccc32)c(C)c1.N#Cc1cc([NH-])ccc1O.[K+]. The molecule has 0 unspecified atom stereocenters. The Kier molecular flexibility index (Phi) is 9.05. The van der Waals surface area contributed by atoms with E-state index in [2.05, 4.69) is 54.9 Å². The van der Waals surface area contributed by atoms with Crippen LogP contribution < -0.4 is 51.4 Å². The second-order valence-electron chi connectivity index (χ2n) is 7.14. The summed E-state index contributed by atoms with van der Waals surface area (Å²) in [6.07, 6.45) is 3.53. The van der Waals surface area contributed by atoms with E-state index < -0.39 is 0 Å². The fraction of sp³-hybridized carbons (Fsp3) is 0.120. The molecule has 4 rings (SSSR count). The third kappa shape index (κ3) is 6.07. The van der Waals surface area contributed by atoms with Gasteiger partial charge >= 0.3 is 51.4 Å². The topological polar surface area (TPSA) is 96.6 Å². The molecule has 1 heterocycles. The third-order valence-electron chi connectivity index (χ3n) is 4.96. The standard InChI is InChI=1S/C18H18N2.C7H5N2O.K/c1-13-6-7-16(14(2)10-13)12-20-9-8-17-15(11-19)4-3-5-18(17)20;8-4-5-3-6(9)1-2-7(5)10;/h3-11,19H,12H2,1-2H3;1-3,9-10H;/q;-1;+1. The van der Waals surface area contributed by atoms with Gasteiger partial charge in [0.1, 0.15) is 11.8 Å². The van der Waals surface area contributed by atoms with E-state index in [4.69, 9.17) is 21.5 Å². The van der Waals surface area contributed by atoms with E-state index >= 15 is 0 Å². The van der Waals surface area contributed by atoms with Crippen molar-refractivity contribution >= 4 is 22.8 Å². The maximum absolute atomic E-state index is 8.93. The molecule has 0 aliphatic rings.